The zero-order valence-electron chi connectivity index (χ0n) is 10.4. The van der Waals surface area contributed by atoms with E-state index in [0.717, 1.165) is 16.9 Å². The molecule has 0 N–H and O–H groups in total. The highest BCUT2D eigenvalue weighted by atomic mass is 32.1. The normalized spacial score (nSPS) is 18.9. The van der Waals surface area contributed by atoms with Crippen molar-refractivity contribution in [3.8, 4) is 11.3 Å². The Balaban J connectivity index is 1.86. The average molecular weight is 270 g/mol. The highest BCUT2D eigenvalue weighted by molar-refractivity contribution is 7.81. The standard InChI is InChI=1S/C15H14N2OS/c18-15-9-13(19)10-17(15)12-6-4-11(5-7-12)14-3-1-2-8-16-14/h1-8,13,19H,9-10H2. The van der Waals surface area contributed by atoms with Crippen LogP contribution >= 0.6 is 12.6 Å². The van der Waals surface area contributed by atoms with E-state index < -0.39 is 0 Å². The molecule has 1 aliphatic heterocycles. The summed E-state index contributed by atoms with van der Waals surface area (Å²) in [6.07, 6.45) is 2.30. The van der Waals surface area contributed by atoms with Gasteiger partial charge in [0, 0.05) is 35.7 Å². The lowest BCUT2D eigenvalue weighted by Crippen LogP contribution is -2.24. The van der Waals surface area contributed by atoms with Crippen molar-refractivity contribution in [1.29, 1.82) is 0 Å². The fourth-order valence-corrected chi connectivity index (χ4v) is 2.60. The first kappa shape index (κ1) is 12.2. The van der Waals surface area contributed by atoms with Crippen LogP contribution in [0.15, 0.2) is 48.7 Å². The summed E-state index contributed by atoms with van der Waals surface area (Å²) >= 11 is 4.37. The van der Waals surface area contributed by atoms with E-state index in [9.17, 15) is 4.79 Å². The maximum absolute atomic E-state index is 11.8. The number of aromatic nitrogens is 1. The van der Waals surface area contributed by atoms with E-state index in [1.807, 2.05) is 42.5 Å². The summed E-state index contributed by atoms with van der Waals surface area (Å²) in [6.45, 7) is 0.685. The Kier molecular flexibility index (Phi) is 3.25. The Morgan fingerprint density at radius 3 is 2.53 bits per heavy atom. The second kappa shape index (κ2) is 5.05. The molecule has 0 bridgehead atoms. The van der Waals surface area contributed by atoms with Crippen LogP contribution in [0.3, 0.4) is 0 Å². The molecule has 3 nitrogen and oxygen atoms in total. The topological polar surface area (TPSA) is 33.2 Å². The van der Waals surface area contributed by atoms with Gasteiger partial charge in [0.15, 0.2) is 0 Å². The molecular weight excluding hydrogens is 256 g/mol. The van der Waals surface area contributed by atoms with Crippen molar-refractivity contribution in [2.24, 2.45) is 0 Å². The maximum atomic E-state index is 11.8. The minimum Gasteiger partial charge on any atom is -0.311 e. The first-order valence-electron chi connectivity index (χ1n) is 6.24. The number of carbonyl (C=O) groups excluding carboxylic acids is 1. The van der Waals surface area contributed by atoms with Gasteiger partial charge >= 0.3 is 0 Å². The fraction of sp³-hybridized carbons (Fsp3) is 0.200. The summed E-state index contributed by atoms with van der Waals surface area (Å²) in [7, 11) is 0. The Labute approximate surface area is 117 Å². The van der Waals surface area contributed by atoms with Crippen LogP contribution in [0.4, 0.5) is 5.69 Å². The van der Waals surface area contributed by atoms with Crippen LogP contribution in [0.25, 0.3) is 11.3 Å². The molecule has 1 amide bonds. The van der Waals surface area contributed by atoms with Gasteiger partial charge in [-0.3, -0.25) is 9.78 Å². The number of hydrogen-bond acceptors (Lipinski definition) is 3. The van der Waals surface area contributed by atoms with E-state index in [-0.39, 0.29) is 11.2 Å². The molecule has 1 fully saturated rings. The number of amides is 1. The van der Waals surface area contributed by atoms with Crippen molar-refractivity contribution in [2.75, 3.05) is 11.4 Å². The number of hydrogen-bond donors (Lipinski definition) is 1. The number of benzene rings is 1. The molecule has 0 spiro atoms. The molecular formula is C15H14N2OS. The monoisotopic (exact) mass is 270 g/mol. The summed E-state index contributed by atoms with van der Waals surface area (Å²) < 4.78 is 0. The molecule has 1 saturated heterocycles. The largest absolute Gasteiger partial charge is 0.311 e. The van der Waals surface area contributed by atoms with Gasteiger partial charge in [-0.05, 0) is 24.3 Å². The van der Waals surface area contributed by atoms with E-state index in [4.69, 9.17) is 0 Å². The van der Waals surface area contributed by atoms with Gasteiger partial charge in [-0.1, -0.05) is 18.2 Å². The number of thiol groups is 1. The van der Waals surface area contributed by atoms with Crippen LogP contribution < -0.4 is 4.90 Å². The summed E-state index contributed by atoms with van der Waals surface area (Å²) in [5, 5.41) is 0.142. The summed E-state index contributed by atoms with van der Waals surface area (Å²) in [6, 6.07) is 13.8. The minimum absolute atomic E-state index is 0.142. The number of nitrogens with zero attached hydrogens (tertiary/aromatic N) is 2. The molecule has 2 heterocycles. The van der Waals surface area contributed by atoms with E-state index >= 15 is 0 Å². The molecule has 1 aromatic carbocycles. The highest BCUT2D eigenvalue weighted by Gasteiger charge is 2.28. The quantitative estimate of drug-likeness (QED) is 0.851. The first-order chi connectivity index (χ1) is 9.24. The summed E-state index contributed by atoms with van der Waals surface area (Å²) in [5.74, 6) is 0.144. The number of pyridine rings is 1. The summed E-state index contributed by atoms with van der Waals surface area (Å²) in [5.41, 5.74) is 2.92. The molecule has 1 aromatic heterocycles. The van der Waals surface area contributed by atoms with Crippen molar-refractivity contribution >= 4 is 24.2 Å². The van der Waals surface area contributed by atoms with Crippen LogP contribution in [0, 0.1) is 0 Å². The van der Waals surface area contributed by atoms with E-state index in [1.54, 1.807) is 11.1 Å². The molecule has 0 aliphatic carbocycles. The zero-order valence-corrected chi connectivity index (χ0v) is 11.3. The maximum Gasteiger partial charge on any atom is 0.228 e. The third-order valence-corrected chi connectivity index (χ3v) is 3.59. The van der Waals surface area contributed by atoms with Crippen LogP contribution in [0.2, 0.25) is 0 Å². The lowest BCUT2D eigenvalue weighted by Gasteiger charge is -2.16. The molecule has 0 radical (unpaired) electrons. The molecule has 0 saturated carbocycles. The molecule has 1 atom stereocenters. The Morgan fingerprint density at radius 2 is 1.95 bits per heavy atom. The predicted octanol–water partition coefficient (Wildman–Crippen LogP) is 2.78. The summed E-state index contributed by atoms with van der Waals surface area (Å²) in [4.78, 5) is 17.9. The van der Waals surface area contributed by atoms with Crippen LogP contribution in [-0.4, -0.2) is 22.7 Å². The molecule has 4 heteroatoms. The Hall–Kier alpha value is -1.81. The number of anilines is 1. The van der Waals surface area contributed by atoms with Gasteiger partial charge in [0.2, 0.25) is 5.91 Å². The van der Waals surface area contributed by atoms with E-state index in [2.05, 4.69) is 17.6 Å². The van der Waals surface area contributed by atoms with Gasteiger partial charge in [-0.25, -0.2) is 0 Å². The molecule has 2 aromatic rings. The second-order valence-electron chi connectivity index (χ2n) is 4.62. The fourth-order valence-electron chi connectivity index (χ4n) is 2.28. The third kappa shape index (κ3) is 2.49. The average Bonchev–Trinajstić information content (AvgIpc) is 2.79. The first-order valence-corrected chi connectivity index (χ1v) is 6.75. The van der Waals surface area contributed by atoms with Crippen molar-refractivity contribution in [1.82, 2.24) is 4.98 Å². The van der Waals surface area contributed by atoms with Gasteiger partial charge < -0.3 is 4.90 Å². The van der Waals surface area contributed by atoms with Crippen molar-refractivity contribution < 1.29 is 4.79 Å². The lowest BCUT2D eigenvalue weighted by atomic mass is 10.1. The number of carbonyl (C=O) groups is 1. The van der Waals surface area contributed by atoms with E-state index in [0.29, 0.717) is 13.0 Å². The van der Waals surface area contributed by atoms with Gasteiger partial charge in [-0.2, -0.15) is 12.6 Å². The Bertz CT molecular complexity index is 583. The zero-order chi connectivity index (χ0) is 13.2. The van der Waals surface area contributed by atoms with Gasteiger partial charge in [0.1, 0.15) is 0 Å². The van der Waals surface area contributed by atoms with Gasteiger partial charge in [0.25, 0.3) is 0 Å². The van der Waals surface area contributed by atoms with Gasteiger partial charge in [0.05, 0.1) is 5.69 Å². The predicted molar refractivity (Wildman–Crippen MR) is 79.4 cm³/mol. The van der Waals surface area contributed by atoms with Gasteiger partial charge in [-0.15, -0.1) is 0 Å². The molecule has 1 aliphatic rings. The second-order valence-corrected chi connectivity index (χ2v) is 5.35. The molecule has 96 valence electrons. The molecule has 3 rings (SSSR count). The number of rotatable bonds is 2. The Morgan fingerprint density at radius 1 is 1.16 bits per heavy atom. The smallest absolute Gasteiger partial charge is 0.228 e. The SMILES string of the molecule is O=C1CC(S)CN1c1ccc(-c2ccccn2)cc1. The highest BCUT2D eigenvalue weighted by Crippen LogP contribution is 2.26. The van der Waals surface area contributed by atoms with Crippen molar-refractivity contribution in [3.05, 3.63) is 48.7 Å². The van der Waals surface area contributed by atoms with Crippen molar-refractivity contribution in [2.45, 2.75) is 11.7 Å². The third-order valence-electron chi connectivity index (χ3n) is 3.24. The molecule has 1 unspecified atom stereocenters. The molecule has 19 heavy (non-hydrogen) atoms. The minimum atomic E-state index is 0.142. The van der Waals surface area contributed by atoms with Crippen molar-refractivity contribution in [3.63, 3.8) is 0 Å². The van der Waals surface area contributed by atoms with Crippen LogP contribution in [0.1, 0.15) is 6.42 Å². The van der Waals surface area contributed by atoms with Crippen LogP contribution in [-0.2, 0) is 4.79 Å². The van der Waals surface area contributed by atoms with Crippen LogP contribution in [0.5, 0.6) is 0 Å². The lowest BCUT2D eigenvalue weighted by molar-refractivity contribution is -0.117. The van der Waals surface area contributed by atoms with E-state index in [1.165, 1.54) is 0 Å².